The van der Waals surface area contributed by atoms with E-state index in [4.69, 9.17) is 4.74 Å². The van der Waals surface area contributed by atoms with Crippen molar-refractivity contribution in [3.05, 3.63) is 35.4 Å². The Morgan fingerprint density at radius 2 is 1.68 bits per heavy atom. The number of hydrogen-bond acceptors (Lipinski definition) is 4. The molecule has 1 rings (SSSR count). The zero-order valence-corrected chi connectivity index (χ0v) is 20.1. The van der Waals surface area contributed by atoms with Crippen LogP contribution in [-0.2, 0) is 20.7 Å². The molecule has 2 N–H and O–H groups in total. The van der Waals surface area contributed by atoms with Crippen molar-refractivity contribution in [3.8, 4) is 0 Å². The van der Waals surface area contributed by atoms with Gasteiger partial charge in [0.25, 0.3) is 0 Å². The summed E-state index contributed by atoms with van der Waals surface area (Å²) in [5.74, 6) is -0.566. The Morgan fingerprint density at radius 1 is 1.06 bits per heavy atom. The molecule has 0 aliphatic carbocycles. The second-order valence-electron chi connectivity index (χ2n) is 8.96. The Hall–Kier alpha value is -2.57. The molecule has 0 fully saturated rings. The summed E-state index contributed by atoms with van der Waals surface area (Å²) in [5.41, 5.74) is 1.25. The topological polar surface area (TPSA) is 87.7 Å². The van der Waals surface area contributed by atoms with E-state index in [0.717, 1.165) is 30.4 Å². The van der Waals surface area contributed by atoms with Gasteiger partial charge < -0.3 is 20.3 Å². The standard InChI is InChI=1S/C24H39N3O4/c1-8-10-15-27(20(28)16-25-23(30)31-24(5,6)7)21(22(29)26-17(3)4)19-13-11-18(9-2)12-14-19/h11-14,17,21H,8-10,15-16H2,1-7H3,(H,25,30)(H,26,29). The molecular weight excluding hydrogens is 394 g/mol. The Kier molecular flexibility index (Phi) is 10.5. The predicted molar refractivity (Wildman–Crippen MR) is 123 cm³/mol. The minimum atomic E-state index is -0.771. The lowest BCUT2D eigenvalue weighted by molar-refractivity contribution is -0.140. The first-order valence-corrected chi connectivity index (χ1v) is 11.1. The zero-order chi connectivity index (χ0) is 23.6. The fourth-order valence-electron chi connectivity index (χ4n) is 3.06. The third-order valence-electron chi connectivity index (χ3n) is 4.55. The Morgan fingerprint density at radius 3 is 2.16 bits per heavy atom. The van der Waals surface area contributed by atoms with Gasteiger partial charge in [0, 0.05) is 12.6 Å². The molecule has 0 aliphatic rings. The second kappa shape index (κ2) is 12.3. The summed E-state index contributed by atoms with van der Waals surface area (Å²) in [7, 11) is 0. The van der Waals surface area contributed by atoms with Gasteiger partial charge in [-0.25, -0.2) is 4.79 Å². The summed E-state index contributed by atoms with van der Waals surface area (Å²) in [4.78, 5) is 39.8. The first kappa shape index (κ1) is 26.5. The van der Waals surface area contributed by atoms with Crippen LogP contribution >= 0.6 is 0 Å². The smallest absolute Gasteiger partial charge is 0.408 e. The highest BCUT2D eigenvalue weighted by molar-refractivity contribution is 5.90. The van der Waals surface area contributed by atoms with Crippen molar-refractivity contribution in [2.45, 2.75) is 85.4 Å². The van der Waals surface area contributed by atoms with Gasteiger partial charge >= 0.3 is 6.09 Å². The van der Waals surface area contributed by atoms with Gasteiger partial charge in [-0.2, -0.15) is 0 Å². The lowest BCUT2D eigenvalue weighted by Gasteiger charge is -2.32. The number of carbonyl (C=O) groups excluding carboxylic acids is 3. The van der Waals surface area contributed by atoms with Crippen LogP contribution in [0.5, 0.6) is 0 Å². The van der Waals surface area contributed by atoms with Crippen LogP contribution in [-0.4, -0.2) is 47.5 Å². The summed E-state index contributed by atoms with van der Waals surface area (Å²) in [6, 6.07) is 6.92. The normalized spacial score (nSPS) is 12.3. The van der Waals surface area contributed by atoms with Crippen molar-refractivity contribution in [1.29, 1.82) is 0 Å². The first-order chi connectivity index (χ1) is 14.5. The minimum absolute atomic E-state index is 0.0621. The number of alkyl carbamates (subject to hydrolysis) is 1. The molecule has 7 heteroatoms. The maximum atomic E-state index is 13.1. The first-order valence-electron chi connectivity index (χ1n) is 11.1. The molecule has 0 spiro atoms. The van der Waals surface area contributed by atoms with Crippen LogP contribution in [0.15, 0.2) is 24.3 Å². The molecule has 0 saturated heterocycles. The third kappa shape index (κ3) is 9.40. The maximum absolute atomic E-state index is 13.1. The summed E-state index contributed by atoms with van der Waals surface area (Å²) < 4.78 is 5.22. The fourth-order valence-corrected chi connectivity index (χ4v) is 3.06. The molecule has 0 heterocycles. The quantitative estimate of drug-likeness (QED) is 0.584. The second-order valence-corrected chi connectivity index (χ2v) is 8.96. The van der Waals surface area contributed by atoms with Crippen LogP contribution in [0.25, 0.3) is 0 Å². The molecule has 174 valence electrons. The van der Waals surface area contributed by atoms with Gasteiger partial charge in [-0.3, -0.25) is 9.59 Å². The molecule has 7 nitrogen and oxygen atoms in total. The number of aryl methyl sites for hydroxylation is 1. The van der Waals surface area contributed by atoms with Crippen molar-refractivity contribution in [3.63, 3.8) is 0 Å². The number of rotatable bonds is 10. The van der Waals surface area contributed by atoms with E-state index in [9.17, 15) is 14.4 Å². The van der Waals surface area contributed by atoms with Crippen molar-refractivity contribution < 1.29 is 19.1 Å². The van der Waals surface area contributed by atoms with Gasteiger partial charge in [-0.05, 0) is 58.6 Å². The van der Waals surface area contributed by atoms with E-state index >= 15 is 0 Å². The molecule has 1 aromatic carbocycles. The van der Waals surface area contributed by atoms with Gasteiger partial charge in [-0.1, -0.05) is 44.5 Å². The third-order valence-corrected chi connectivity index (χ3v) is 4.55. The fraction of sp³-hybridized carbons (Fsp3) is 0.625. The predicted octanol–water partition coefficient (Wildman–Crippen LogP) is 3.97. The number of nitrogens with one attached hydrogen (secondary N) is 2. The van der Waals surface area contributed by atoms with Crippen molar-refractivity contribution >= 4 is 17.9 Å². The van der Waals surface area contributed by atoms with Crippen LogP contribution in [0.4, 0.5) is 4.79 Å². The van der Waals surface area contributed by atoms with Crippen LogP contribution < -0.4 is 10.6 Å². The maximum Gasteiger partial charge on any atom is 0.408 e. The molecule has 1 unspecified atom stereocenters. The minimum Gasteiger partial charge on any atom is -0.444 e. The number of hydrogen-bond donors (Lipinski definition) is 2. The number of nitrogens with zero attached hydrogens (tertiary/aromatic N) is 1. The molecule has 0 bridgehead atoms. The average Bonchev–Trinajstić information content (AvgIpc) is 2.67. The summed E-state index contributed by atoms with van der Waals surface area (Å²) in [6.07, 6.45) is 1.85. The van der Waals surface area contributed by atoms with Gasteiger partial charge in [0.05, 0.1) is 0 Å². The largest absolute Gasteiger partial charge is 0.444 e. The van der Waals surface area contributed by atoms with Crippen molar-refractivity contribution in [2.75, 3.05) is 13.1 Å². The Balaban J connectivity index is 3.15. The lowest BCUT2D eigenvalue weighted by atomic mass is 10.0. The van der Waals surface area contributed by atoms with Gasteiger partial charge in [0.1, 0.15) is 18.2 Å². The molecule has 0 aliphatic heterocycles. The number of ether oxygens (including phenoxy) is 1. The zero-order valence-electron chi connectivity index (χ0n) is 20.1. The van der Waals surface area contributed by atoms with E-state index in [-0.39, 0.29) is 24.4 Å². The summed E-state index contributed by atoms with van der Waals surface area (Å²) >= 11 is 0. The highest BCUT2D eigenvalue weighted by atomic mass is 16.6. The van der Waals surface area contributed by atoms with Gasteiger partial charge in [0.2, 0.25) is 11.8 Å². The molecule has 0 aromatic heterocycles. The van der Waals surface area contributed by atoms with E-state index in [1.54, 1.807) is 25.7 Å². The molecule has 1 aromatic rings. The van der Waals surface area contributed by atoms with E-state index in [1.165, 1.54) is 0 Å². The summed E-state index contributed by atoms with van der Waals surface area (Å²) in [5, 5.41) is 5.45. The van der Waals surface area contributed by atoms with E-state index < -0.39 is 17.7 Å². The van der Waals surface area contributed by atoms with Gasteiger partial charge in [0.15, 0.2) is 0 Å². The molecule has 31 heavy (non-hydrogen) atoms. The van der Waals surface area contributed by atoms with Crippen LogP contribution in [0.2, 0.25) is 0 Å². The van der Waals surface area contributed by atoms with E-state index in [1.807, 2.05) is 45.0 Å². The highest BCUT2D eigenvalue weighted by Crippen LogP contribution is 2.23. The molecule has 0 radical (unpaired) electrons. The van der Waals surface area contributed by atoms with E-state index in [2.05, 4.69) is 17.6 Å². The van der Waals surface area contributed by atoms with Crippen molar-refractivity contribution in [2.24, 2.45) is 0 Å². The average molecular weight is 434 g/mol. The Labute approximate surface area is 186 Å². The number of carbonyl (C=O) groups is 3. The number of benzene rings is 1. The van der Waals surface area contributed by atoms with Crippen LogP contribution in [0.3, 0.4) is 0 Å². The molecule has 3 amide bonds. The monoisotopic (exact) mass is 433 g/mol. The number of unbranched alkanes of at least 4 members (excludes halogenated alkanes) is 1. The van der Waals surface area contributed by atoms with E-state index in [0.29, 0.717) is 6.54 Å². The number of amides is 3. The molecular formula is C24H39N3O4. The SMILES string of the molecule is CCCCN(C(=O)CNC(=O)OC(C)(C)C)C(C(=O)NC(C)C)c1ccc(CC)cc1. The van der Waals surface area contributed by atoms with Crippen molar-refractivity contribution in [1.82, 2.24) is 15.5 Å². The molecule has 0 saturated carbocycles. The lowest BCUT2D eigenvalue weighted by Crippen LogP contribution is -2.49. The molecule has 1 atom stereocenters. The van der Waals surface area contributed by atoms with Gasteiger partial charge in [-0.15, -0.1) is 0 Å². The van der Waals surface area contributed by atoms with Crippen LogP contribution in [0, 0.1) is 0 Å². The van der Waals surface area contributed by atoms with Crippen LogP contribution in [0.1, 0.15) is 78.5 Å². The summed E-state index contributed by atoms with van der Waals surface area (Å²) in [6.45, 7) is 13.3. The Bertz CT molecular complexity index is 723. The highest BCUT2D eigenvalue weighted by Gasteiger charge is 2.31.